The summed E-state index contributed by atoms with van der Waals surface area (Å²) in [6.07, 6.45) is 5.11. The van der Waals surface area contributed by atoms with E-state index in [4.69, 9.17) is 0 Å². The molecular weight excluding hydrogens is 284 g/mol. The van der Waals surface area contributed by atoms with E-state index in [9.17, 15) is 9.90 Å². The number of rotatable bonds is 1. The fourth-order valence-corrected chi connectivity index (χ4v) is 3.23. The number of aromatic hydroxyl groups is 1. The molecule has 0 aliphatic heterocycles. The zero-order valence-corrected chi connectivity index (χ0v) is 12.5. The highest BCUT2D eigenvalue weighted by atomic mass is 32.1. The van der Waals surface area contributed by atoms with Gasteiger partial charge < -0.3 is 5.11 Å². The lowest BCUT2D eigenvalue weighted by atomic mass is 9.91. The second kappa shape index (κ2) is 5.18. The van der Waals surface area contributed by atoms with Crippen LogP contribution in [0.15, 0.2) is 35.3 Å². The Morgan fingerprint density at radius 2 is 2.05 bits per heavy atom. The molecule has 21 heavy (non-hydrogen) atoms. The first-order valence-corrected chi connectivity index (χ1v) is 7.28. The number of ketones is 1. The number of aromatic nitrogens is 1. The maximum absolute atomic E-state index is 12.2. The molecule has 1 N–H and O–H groups in total. The first-order valence-electron chi connectivity index (χ1n) is 6.47. The van der Waals surface area contributed by atoms with Crippen molar-refractivity contribution in [3.8, 4) is 5.88 Å². The van der Waals surface area contributed by atoms with Crippen LogP contribution in [0.25, 0.3) is 17.7 Å². The van der Waals surface area contributed by atoms with Crippen LogP contribution in [0.2, 0.25) is 0 Å². The number of carbonyl (C=O) groups excluding carboxylic acids is 1. The molecule has 1 aliphatic rings. The standard InChI is InChI=1S/C16H14N2O2S/c1-17-16-18(2)15(20)14(21-16)9-12-11-6-4-3-5-10(11)7-8-13(12)19/h3-9,20H,1-2H3/b12-9-,17-16?. The highest BCUT2D eigenvalue weighted by molar-refractivity contribution is 7.10. The van der Waals surface area contributed by atoms with Crippen molar-refractivity contribution in [2.45, 2.75) is 0 Å². The lowest BCUT2D eigenvalue weighted by molar-refractivity contribution is -0.109. The van der Waals surface area contributed by atoms with E-state index in [1.54, 1.807) is 30.8 Å². The smallest absolute Gasteiger partial charge is 0.210 e. The SMILES string of the molecule is CN=c1sc(/C=C2\C(=O)C=Cc3ccccc32)c(O)n1C. The van der Waals surface area contributed by atoms with Crippen LogP contribution in [-0.4, -0.2) is 22.5 Å². The number of nitrogens with zero attached hydrogens (tertiary/aromatic N) is 2. The van der Waals surface area contributed by atoms with Gasteiger partial charge in [-0.25, -0.2) is 0 Å². The monoisotopic (exact) mass is 298 g/mol. The molecule has 4 nitrogen and oxygen atoms in total. The van der Waals surface area contributed by atoms with Crippen molar-refractivity contribution >= 4 is 34.8 Å². The van der Waals surface area contributed by atoms with E-state index in [-0.39, 0.29) is 11.7 Å². The van der Waals surface area contributed by atoms with Crippen molar-refractivity contribution in [3.05, 3.63) is 51.1 Å². The predicted molar refractivity (Wildman–Crippen MR) is 84.8 cm³/mol. The molecule has 0 saturated heterocycles. The Morgan fingerprint density at radius 3 is 2.76 bits per heavy atom. The zero-order valence-electron chi connectivity index (χ0n) is 11.7. The molecule has 0 radical (unpaired) electrons. The third-order valence-electron chi connectivity index (χ3n) is 3.42. The second-order valence-electron chi connectivity index (χ2n) is 4.70. The average Bonchev–Trinajstić information content (AvgIpc) is 2.78. The number of carbonyl (C=O) groups is 1. The van der Waals surface area contributed by atoms with Crippen LogP contribution in [0.3, 0.4) is 0 Å². The van der Waals surface area contributed by atoms with E-state index in [2.05, 4.69) is 4.99 Å². The van der Waals surface area contributed by atoms with Gasteiger partial charge in [0.05, 0.1) is 4.88 Å². The minimum Gasteiger partial charge on any atom is -0.493 e. The summed E-state index contributed by atoms with van der Waals surface area (Å²) in [5.74, 6) is 0.0621. The molecule has 0 spiro atoms. The average molecular weight is 298 g/mol. The summed E-state index contributed by atoms with van der Waals surface area (Å²) < 4.78 is 1.60. The molecule has 0 unspecified atom stereocenters. The Morgan fingerprint density at radius 1 is 1.29 bits per heavy atom. The van der Waals surface area contributed by atoms with E-state index in [1.807, 2.05) is 30.3 Å². The van der Waals surface area contributed by atoms with E-state index >= 15 is 0 Å². The van der Waals surface area contributed by atoms with Crippen LogP contribution in [0.1, 0.15) is 16.0 Å². The fraction of sp³-hybridized carbons (Fsp3) is 0.125. The van der Waals surface area contributed by atoms with Gasteiger partial charge in [0.1, 0.15) is 0 Å². The Labute approximate surface area is 126 Å². The first-order chi connectivity index (χ1) is 10.1. The highest BCUT2D eigenvalue weighted by Crippen LogP contribution is 2.31. The number of hydrogen-bond donors (Lipinski definition) is 1. The third-order valence-corrected chi connectivity index (χ3v) is 4.58. The van der Waals surface area contributed by atoms with E-state index in [1.165, 1.54) is 11.3 Å². The molecule has 5 heteroatoms. The lowest BCUT2D eigenvalue weighted by Crippen LogP contribution is -2.08. The number of fused-ring (bicyclic) bond motifs is 1. The molecule has 3 rings (SSSR count). The third kappa shape index (κ3) is 2.25. The van der Waals surface area contributed by atoms with Gasteiger partial charge >= 0.3 is 0 Å². The van der Waals surface area contributed by atoms with Crippen molar-refractivity contribution in [1.82, 2.24) is 4.57 Å². The second-order valence-corrected chi connectivity index (χ2v) is 5.71. The Hall–Kier alpha value is -2.40. The lowest BCUT2D eigenvalue weighted by Gasteiger charge is -2.12. The quantitative estimate of drug-likeness (QED) is 0.822. The maximum atomic E-state index is 12.2. The van der Waals surface area contributed by atoms with Gasteiger partial charge in [-0.2, -0.15) is 0 Å². The van der Waals surface area contributed by atoms with Gasteiger partial charge in [-0.05, 0) is 23.3 Å². The Bertz CT molecular complexity index is 853. The first kappa shape index (κ1) is 13.6. The van der Waals surface area contributed by atoms with Crippen molar-refractivity contribution in [2.24, 2.45) is 12.0 Å². The van der Waals surface area contributed by atoms with E-state index in [0.29, 0.717) is 15.3 Å². The molecule has 2 aromatic rings. The molecule has 1 aromatic heterocycles. The van der Waals surface area contributed by atoms with Gasteiger partial charge in [0.2, 0.25) is 5.88 Å². The van der Waals surface area contributed by atoms with Gasteiger partial charge in [-0.1, -0.05) is 41.7 Å². The molecule has 0 bridgehead atoms. The molecule has 0 atom stereocenters. The largest absolute Gasteiger partial charge is 0.493 e. The number of benzene rings is 1. The van der Waals surface area contributed by atoms with Gasteiger partial charge in [0.15, 0.2) is 10.6 Å². The maximum Gasteiger partial charge on any atom is 0.210 e. The van der Waals surface area contributed by atoms with Crippen molar-refractivity contribution in [3.63, 3.8) is 0 Å². The van der Waals surface area contributed by atoms with E-state index in [0.717, 1.165) is 11.1 Å². The highest BCUT2D eigenvalue weighted by Gasteiger charge is 2.18. The van der Waals surface area contributed by atoms with Crippen LogP contribution in [0.4, 0.5) is 0 Å². The van der Waals surface area contributed by atoms with Crippen molar-refractivity contribution in [2.75, 3.05) is 7.05 Å². The van der Waals surface area contributed by atoms with Crippen LogP contribution >= 0.6 is 11.3 Å². The summed E-state index contributed by atoms with van der Waals surface area (Å²) in [7, 11) is 3.42. The molecule has 1 aliphatic carbocycles. The molecule has 0 amide bonds. The molecular formula is C16H14N2O2S. The molecule has 0 saturated carbocycles. The summed E-state index contributed by atoms with van der Waals surface area (Å²) in [4.78, 5) is 17.6. The fourth-order valence-electron chi connectivity index (χ4n) is 2.31. The summed E-state index contributed by atoms with van der Waals surface area (Å²) in [5.41, 5.74) is 2.48. The van der Waals surface area contributed by atoms with Crippen LogP contribution in [0.5, 0.6) is 5.88 Å². The van der Waals surface area contributed by atoms with Gasteiger partial charge in [0, 0.05) is 19.7 Å². The summed E-state index contributed by atoms with van der Waals surface area (Å²) in [6.45, 7) is 0. The summed E-state index contributed by atoms with van der Waals surface area (Å²) >= 11 is 1.35. The van der Waals surface area contributed by atoms with Crippen LogP contribution < -0.4 is 4.80 Å². The number of thiazole rings is 1. The molecule has 1 heterocycles. The summed E-state index contributed by atoms with van der Waals surface area (Å²) in [5, 5.41) is 10.2. The topological polar surface area (TPSA) is 54.6 Å². The molecule has 1 aromatic carbocycles. The van der Waals surface area contributed by atoms with Crippen LogP contribution in [-0.2, 0) is 11.8 Å². The predicted octanol–water partition coefficient (Wildman–Crippen LogP) is 2.46. The van der Waals surface area contributed by atoms with Crippen LogP contribution in [0, 0.1) is 0 Å². The van der Waals surface area contributed by atoms with E-state index < -0.39 is 0 Å². The number of hydrogen-bond acceptors (Lipinski definition) is 4. The van der Waals surface area contributed by atoms with Crippen molar-refractivity contribution < 1.29 is 9.90 Å². The normalized spacial score (nSPS) is 16.6. The summed E-state index contributed by atoms with van der Waals surface area (Å²) in [6, 6.07) is 7.72. The van der Waals surface area contributed by atoms with Gasteiger partial charge in [-0.3, -0.25) is 14.4 Å². The van der Waals surface area contributed by atoms with Gasteiger partial charge in [0.25, 0.3) is 0 Å². The minimum atomic E-state index is -0.0564. The zero-order chi connectivity index (χ0) is 15.0. The molecule has 0 fully saturated rings. The van der Waals surface area contributed by atoms with Crippen molar-refractivity contribution in [1.29, 1.82) is 0 Å². The Kier molecular flexibility index (Phi) is 3.35. The Balaban J connectivity index is 2.20. The molecule has 106 valence electrons. The minimum absolute atomic E-state index is 0.0564. The van der Waals surface area contributed by atoms with Gasteiger partial charge in [-0.15, -0.1) is 0 Å². The number of allylic oxidation sites excluding steroid dienone is 2.